The smallest absolute Gasteiger partial charge is 0.0892 e. The molecule has 0 aromatic heterocycles. The summed E-state index contributed by atoms with van der Waals surface area (Å²) < 4.78 is 5.48. The summed E-state index contributed by atoms with van der Waals surface area (Å²) in [6.45, 7) is 10.1. The minimum Gasteiger partial charge on any atom is -0.367 e. The zero-order chi connectivity index (χ0) is 9.19. The van der Waals surface area contributed by atoms with Gasteiger partial charge in [-0.25, -0.2) is 0 Å². The van der Waals surface area contributed by atoms with E-state index in [9.17, 15) is 0 Å². The summed E-state index contributed by atoms with van der Waals surface area (Å²) in [7, 11) is 0. The average molecular weight is 166 g/mol. The van der Waals surface area contributed by atoms with Crippen LogP contribution in [0, 0.1) is 0 Å². The van der Waals surface area contributed by atoms with Gasteiger partial charge < -0.3 is 4.74 Å². The molecule has 0 spiro atoms. The summed E-state index contributed by atoms with van der Waals surface area (Å²) >= 11 is 0. The van der Waals surface area contributed by atoms with Crippen LogP contribution in [0.5, 0.6) is 0 Å². The Kier molecular flexibility index (Phi) is 2.73. The van der Waals surface area contributed by atoms with Gasteiger partial charge in [-0.1, -0.05) is 24.3 Å². The fourth-order valence-electron chi connectivity index (χ4n) is 1.38. The lowest BCUT2D eigenvalue weighted by Gasteiger charge is -1.98. The molecule has 1 unspecified atom stereocenters. The number of allylic oxidation sites excluding steroid dienone is 3. The molecule has 0 aromatic carbocycles. The van der Waals surface area contributed by atoms with Gasteiger partial charge in [0.05, 0.1) is 11.7 Å². The molecule has 0 saturated carbocycles. The van der Waals surface area contributed by atoms with Crippen molar-refractivity contribution in [2.24, 2.45) is 0 Å². The van der Waals surface area contributed by atoms with Crippen LogP contribution in [0.2, 0.25) is 0 Å². The second-order valence-corrected chi connectivity index (χ2v) is 4.00. The maximum Gasteiger partial charge on any atom is 0.0892 e. The molecule has 1 aliphatic rings. The standard InChI is InChI=1S/C11H18O/c1-5-6-9(2)7-8-10-11(3,4)12-10/h5-6,10H,1,7-8H2,2-4H3. The third kappa shape index (κ3) is 2.49. The first-order chi connectivity index (χ1) is 5.56. The first-order valence-electron chi connectivity index (χ1n) is 4.52. The van der Waals surface area contributed by atoms with E-state index in [1.54, 1.807) is 0 Å². The molecule has 1 atom stereocenters. The van der Waals surface area contributed by atoms with Gasteiger partial charge in [-0.2, -0.15) is 0 Å². The molecule has 0 aromatic rings. The molecule has 68 valence electrons. The molecular formula is C11H18O. The first kappa shape index (κ1) is 9.53. The molecule has 0 radical (unpaired) electrons. The molecule has 0 amide bonds. The normalized spacial score (nSPS) is 26.9. The Labute approximate surface area is 75.1 Å². The topological polar surface area (TPSA) is 12.5 Å². The highest BCUT2D eigenvalue weighted by molar-refractivity contribution is 5.09. The Balaban J connectivity index is 2.19. The monoisotopic (exact) mass is 166 g/mol. The van der Waals surface area contributed by atoms with Crippen molar-refractivity contribution in [1.82, 2.24) is 0 Å². The van der Waals surface area contributed by atoms with E-state index >= 15 is 0 Å². The second-order valence-electron chi connectivity index (χ2n) is 4.00. The van der Waals surface area contributed by atoms with Gasteiger partial charge in [0.25, 0.3) is 0 Å². The highest BCUT2D eigenvalue weighted by Crippen LogP contribution is 2.38. The van der Waals surface area contributed by atoms with E-state index in [-0.39, 0.29) is 5.60 Å². The van der Waals surface area contributed by atoms with Crippen LogP contribution < -0.4 is 0 Å². The van der Waals surface area contributed by atoms with Crippen molar-refractivity contribution in [2.45, 2.75) is 45.3 Å². The Morgan fingerprint density at radius 3 is 2.58 bits per heavy atom. The van der Waals surface area contributed by atoms with E-state index in [0.717, 1.165) is 12.8 Å². The van der Waals surface area contributed by atoms with Crippen LogP contribution in [0.1, 0.15) is 33.6 Å². The van der Waals surface area contributed by atoms with E-state index in [2.05, 4.69) is 33.4 Å². The number of epoxide rings is 1. The van der Waals surface area contributed by atoms with Crippen LogP contribution in [-0.2, 0) is 4.74 Å². The molecule has 0 aliphatic carbocycles. The fraction of sp³-hybridized carbons (Fsp3) is 0.636. The third-order valence-corrected chi connectivity index (χ3v) is 2.37. The second kappa shape index (κ2) is 3.44. The molecule has 1 aliphatic heterocycles. The Morgan fingerprint density at radius 2 is 2.17 bits per heavy atom. The van der Waals surface area contributed by atoms with Crippen molar-refractivity contribution in [1.29, 1.82) is 0 Å². The summed E-state index contributed by atoms with van der Waals surface area (Å²) in [6.07, 6.45) is 6.65. The Hall–Kier alpha value is -0.560. The van der Waals surface area contributed by atoms with E-state index in [4.69, 9.17) is 4.74 Å². The minimum absolute atomic E-state index is 0.147. The Bertz CT molecular complexity index is 201. The van der Waals surface area contributed by atoms with Gasteiger partial charge in [0.1, 0.15) is 0 Å². The summed E-state index contributed by atoms with van der Waals surface area (Å²) in [5.41, 5.74) is 1.53. The molecule has 1 heteroatoms. The number of rotatable bonds is 4. The molecule has 1 heterocycles. The highest BCUT2D eigenvalue weighted by Gasteiger charge is 2.46. The van der Waals surface area contributed by atoms with Gasteiger partial charge in [-0.3, -0.25) is 0 Å². The van der Waals surface area contributed by atoms with Crippen molar-refractivity contribution in [2.75, 3.05) is 0 Å². The molecule has 1 rings (SSSR count). The fourth-order valence-corrected chi connectivity index (χ4v) is 1.38. The van der Waals surface area contributed by atoms with E-state index in [1.807, 2.05) is 6.08 Å². The zero-order valence-corrected chi connectivity index (χ0v) is 8.26. The minimum atomic E-state index is 0.147. The number of hydrogen-bond donors (Lipinski definition) is 0. The summed E-state index contributed by atoms with van der Waals surface area (Å²) in [5, 5.41) is 0. The zero-order valence-electron chi connectivity index (χ0n) is 8.26. The quantitative estimate of drug-likeness (QED) is 0.462. The molecular weight excluding hydrogens is 148 g/mol. The Morgan fingerprint density at radius 1 is 1.58 bits per heavy atom. The summed E-state index contributed by atoms with van der Waals surface area (Å²) in [6, 6.07) is 0. The lowest BCUT2D eigenvalue weighted by atomic mass is 10.0. The van der Waals surface area contributed by atoms with Crippen LogP contribution in [0.4, 0.5) is 0 Å². The molecule has 12 heavy (non-hydrogen) atoms. The van der Waals surface area contributed by atoms with Gasteiger partial charge >= 0.3 is 0 Å². The predicted octanol–water partition coefficient (Wildman–Crippen LogP) is 3.08. The van der Waals surface area contributed by atoms with Gasteiger partial charge in [0, 0.05) is 0 Å². The van der Waals surface area contributed by atoms with Crippen LogP contribution in [-0.4, -0.2) is 11.7 Å². The maximum absolute atomic E-state index is 5.48. The van der Waals surface area contributed by atoms with Crippen molar-refractivity contribution < 1.29 is 4.74 Å². The lowest BCUT2D eigenvalue weighted by molar-refractivity contribution is 0.320. The summed E-state index contributed by atoms with van der Waals surface area (Å²) in [4.78, 5) is 0. The SMILES string of the molecule is C=CC=C(C)CCC1OC1(C)C. The number of ether oxygens (including phenoxy) is 1. The van der Waals surface area contributed by atoms with Crippen molar-refractivity contribution >= 4 is 0 Å². The van der Waals surface area contributed by atoms with Crippen molar-refractivity contribution in [3.63, 3.8) is 0 Å². The highest BCUT2D eigenvalue weighted by atomic mass is 16.6. The van der Waals surface area contributed by atoms with Crippen LogP contribution in [0.15, 0.2) is 24.3 Å². The van der Waals surface area contributed by atoms with Crippen molar-refractivity contribution in [3.8, 4) is 0 Å². The van der Waals surface area contributed by atoms with E-state index < -0.39 is 0 Å². The average Bonchev–Trinajstić information content (AvgIpc) is 2.56. The molecule has 1 fully saturated rings. The molecule has 0 bridgehead atoms. The van der Waals surface area contributed by atoms with Gasteiger partial charge in [-0.05, 0) is 33.6 Å². The third-order valence-electron chi connectivity index (χ3n) is 2.37. The van der Waals surface area contributed by atoms with Gasteiger partial charge in [0.15, 0.2) is 0 Å². The predicted molar refractivity (Wildman–Crippen MR) is 52.1 cm³/mol. The lowest BCUT2D eigenvalue weighted by Crippen LogP contribution is -2.02. The molecule has 1 saturated heterocycles. The van der Waals surface area contributed by atoms with Crippen LogP contribution >= 0.6 is 0 Å². The largest absolute Gasteiger partial charge is 0.367 e. The van der Waals surface area contributed by atoms with E-state index in [1.165, 1.54) is 5.57 Å². The molecule has 0 N–H and O–H groups in total. The van der Waals surface area contributed by atoms with E-state index in [0.29, 0.717) is 6.10 Å². The molecule has 1 nitrogen and oxygen atoms in total. The van der Waals surface area contributed by atoms with Crippen LogP contribution in [0.3, 0.4) is 0 Å². The maximum atomic E-state index is 5.48. The van der Waals surface area contributed by atoms with Gasteiger partial charge in [0.2, 0.25) is 0 Å². The summed E-state index contributed by atoms with van der Waals surface area (Å²) in [5.74, 6) is 0. The number of hydrogen-bond acceptors (Lipinski definition) is 1. The van der Waals surface area contributed by atoms with Crippen LogP contribution in [0.25, 0.3) is 0 Å². The first-order valence-corrected chi connectivity index (χ1v) is 4.52. The van der Waals surface area contributed by atoms with Gasteiger partial charge in [-0.15, -0.1) is 0 Å². The van der Waals surface area contributed by atoms with Crippen molar-refractivity contribution in [3.05, 3.63) is 24.3 Å².